The molecule has 1 saturated heterocycles. The van der Waals surface area contributed by atoms with E-state index in [4.69, 9.17) is 16.3 Å². The molecule has 1 aromatic heterocycles. The van der Waals surface area contributed by atoms with Gasteiger partial charge >= 0.3 is 0 Å². The van der Waals surface area contributed by atoms with Gasteiger partial charge in [-0.15, -0.1) is 0 Å². The summed E-state index contributed by atoms with van der Waals surface area (Å²) in [6, 6.07) is 14.2. The number of carbonyl (C=O) groups excluding carboxylic acids is 1. The maximum atomic E-state index is 12.9. The van der Waals surface area contributed by atoms with Crippen molar-refractivity contribution in [3.63, 3.8) is 0 Å². The van der Waals surface area contributed by atoms with Gasteiger partial charge in [-0.2, -0.15) is 5.10 Å². The highest BCUT2D eigenvalue weighted by Crippen LogP contribution is 2.26. The van der Waals surface area contributed by atoms with E-state index in [1.54, 1.807) is 16.9 Å². The lowest BCUT2D eigenvalue weighted by Crippen LogP contribution is -2.48. The van der Waals surface area contributed by atoms with Crippen molar-refractivity contribution in [2.24, 2.45) is 0 Å². The Balaban J connectivity index is 1.29. The van der Waals surface area contributed by atoms with Crippen molar-refractivity contribution in [3.05, 3.63) is 81.6 Å². The van der Waals surface area contributed by atoms with Crippen LogP contribution in [0.3, 0.4) is 0 Å². The summed E-state index contributed by atoms with van der Waals surface area (Å²) in [5.74, 6) is 0.703. The molecule has 1 amide bonds. The monoisotopic (exact) mass is 452 g/mol. The number of amides is 1. The van der Waals surface area contributed by atoms with Gasteiger partial charge in [-0.25, -0.2) is 4.68 Å². The van der Waals surface area contributed by atoms with Gasteiger partial charge in [-0.1, -0.05) is 41.4 Å². The van der Waals surface area contributed by atoms with Crippen LogP contribution in [0.25, 0.3) is 0 Å². The Kier molecular flexibility index (Phi) is 6.82. The topological polar surface area (TPSA) is 50.6 Å². The van der Waals surface area contributed by atoms with Crippen molar-refractivity contribution < 1.29 is 9.53 Å². The molecule has 1 aliphatic heterocycles. The van der Waals surface area contributed by atoms with Crippen LogP contribution in [0.15, 0.2) is 48.7 Å². The van der Waals surface area contributed by atoms with Gasteiger partial charge in [0.15, 0.2) is 12.4 Å². The molecule has 0 aliphatic carbocycles. The SMILES string of the molecule is Cc1ccc(CN2CCN(C(=O)c3ccn(COc4cc(C)c(Cl)c(C)c4)n3)CC2)cc1. The average Bonchev–Trinajstić information content (AvgIpc) is 3.26. The molecule has 0 saturated carbocycles. The van der Waals surface area contributed by atoms with Gasteiger partial charge in [0.1, 0.15) is 5.75 Å². The fraction of sp³-hybridized carbons (Fsp3) is 0.360. The first kappa shape index (κ1) is 22.4. The van der Waals surface area contributed by atoms with Gasteiger partial charge in [0, 0.05) is 43.9 Å². The first-order valence-corrected chi connectivity index (χ1v) is 11.3. The van der Waals surface area contributed by atoms with E-state index in [1.165, 1.54) is 11.1 Å². The Bertz CT molecular complexity index is 1060. The van der Waals surface area contributed by atoms with Crippen LogP contribution in [0.1, 0.15) is 32.7 Å². The Hall–Kier alpha value is -2.83. The smallest absolute Gasteiger partial charge is 0.274 e. The third-order valence-corrected chi connectivity index (χ3v) is 6.42. The van der Waals surface area contributed by atoms with Crippen molar-refractivity contribution in [1.29, 1.82) is 0 Å². The third-order valence-electron chi connectivity index (χ3n) is 5.82. The molecule has 0 unspecified atom stereocenters. The van der Waals surface area contributed by atoms with E-state index in [2.05, 4.69) is 41.2 Å². The summed E-state index contributed by atoms with van der Waals surface area (Å²) in [5, 5.41) is 5.17. The summed E-state index contributed by atoms with van der Waals surface area (Å²) in [6.07, 6.45) is 1.77. The predicted molar refractivity (Wildman–Crippen MR) is 126 cm³/mol. The van der Waals surface area contributed by atoms with Crippen molar-refractivity contribution >= 4 is 17.5 Å². The number of rotatable bonds is 6. The standard InChI is InChI=1S/C25H29ClN4O2/c1-18-4-6-21(7-5-18)16-28-10-12-29(13-11-28)25(31)23-8-9-30(27-23)17-32-22-14-19(2)24(26)20(3)15-22/h4-9,14-15H,10-13,16-17H2,1-3H3. The van der Waals surface area contributed by atoms with Crippen LogP contribution >= 0.6 is 11.6 Å². The number of hydrogen-bond acceptors (Lipinski definition) is 4. The second-order valence-corrected chi connectivity index (χ2v) is 8.82. The summed E-state index contributed by atoms with van der Waals surface area (Å²) in [7, 11) is 0. The van der Waals surface area contributed by atoms with Crippen molar-refractivity contribution in [2.75, 3.05) is 26.2 Å². The molecule has 0 atom stereocenters. The van der Waals surface area contributed by atoms with Crippen LogP contribution in [0.5, 0.6) is 5.75 Å². The molecule has 32 heavy (non-hydrogen) atoms. The summed E-state index contributed by atoms with van der Waals surface area (Å²) in [6.45, 7) is 10.3. The highest BCUT2D eigenvalue weighted by molar-refractivity contribution is 6.32. The zero-order chi connectivity index (χ0) is 22.7. The molecule has 1 aliphatic rings. The minimum Gasteiger partial charge on any atom is -0.471 e. The number of nitrogens with zero attached hydrogens (tertiary/aromatic N) is 4. The van der Waals surface area contributed by atoms with E-state index in [-0.39, 0.29) is 12.6 Å². The number of benzene rings is 2. The molecule has 2 heterocycles. The lowest BCUT2D eigenvalue weighted by atomic mass is 10.1. The number of aryl methyl sites for hydroxylation is 3. The lowest BCUT2D eigenvalue weighted by molar-refractivity contribution is 0.0621. The molecule has 4 rings (SSSR count). The molecule has 0 bridgehead atoms. The number of halogens is 1. The van der Waals surface area contributed by atoms with Crippen LogP contribution in [-0.4, -0.2) is 51.7 Å². The second kappa shape index (κ2) is 9.76. The molecule has 6 nitrogen and oxygen atoms in total. The van der Waals surface area contributed by atoms with E-state index >= 15 is 0 Å². The van der Waals surface area contributed by atoms with Gasteiger partial charge < -0.3 is 9.64 Å². The molecule has 3 aromatic rings. The first-order chi connectivity index (χ1) is 15.4. The van der Waals surface area contributed by atoms with Crippen LogP contribution in [0.2, 0.25) is 5.02 Å². The number of aromatic nitrogens is 2. The molecule has 0 spiro atoms. The molecule has 0 N–H and O–H groups in total. The third kappa shape index (κ3) is 5.31. The van der Waals surface area contributed by atoms with Crippen molar-refractivity contribution in [1.82, 2.24) is 19.6 Å². The molecular formula is C25H29ClN4O2. The van der Waals surface area contributed by atoms with Crippen LogP contribution in [-0.2, 0) is 13.3 Å². The van der Waals surface area contributed by atoms with Gasteiger partial charge in [0.05, 0.1) is 0 Å². The zero-order valence-electron chi connectivity index (χ0n) is 18.8. The largest absolute Gasteiger partial charge is 0.471 e. The van der Waals surface area contributed by atoms with E-state index in [0.29, 0.717) is 18.8 Å². The normalized spacial score (nSPS) is 14.6. The summed E-state index contributed by atoms with van der Waals surface area (Å²) in [5.41, 5.74) is 4.97. The van der Waals surface area contributed by atoms with Crippen LogP contribution < -0.4 is 4.74 Å². The zero-order valence-corrected chi connectivity index (χ0v) is 19.6. The minimum atomic E-state index is -0.0306. The van der Waals surface area contributed by atoms with E-state index < -0.39 is 0 Å². The Labute approximate surface area is 194 Å². The fourth-order valence-corrected chi connectivity index (χ4v) is 4.01. The number of carbonyl (C=O) groups is 1. The summed E-state index contributed by atoms with van der Waals surface area (Å²) >= 11 is 6.22. The summed E-state index contributed by atoms with van der Waals surface area (Å²) < 4.78 is 7.47. The van der Waals surface area contributed by atoms with Crippen molar-refractivity contribution in [2.45, 2.75) is 34.0 Å². The second-order valence-electron chi connectivity index (χ2n) is 8.44. The van der Waals surface area contributed by atoms with Gasteiger partial charge in [-0.05, 0) is 55.7 Å². The van der Waals surface area contributed by atoms with Gasteiger partial charge in [0.2, 0.25) is 0 Å². The predicted octanol–water partition coefficient (Wildman–Crippen LogP) is 4.46. The fourth-order valence-electron chi connectivity index (χ4n) is 3.90. The maximum absolute atomic E-state index is 12.9. The quantitative estimate of drug-likeness (QED) is 0.554. The number of ether oxygens (including phenoxy) is 1. The highest BCUT2D eigenvalue weighted by atomic mass is 35.5. The molecule has 168 valence electrons. The molecule has 1 fully saturated rings. The van der Waals surface area contributed by atoms with Gasteiger partial charge in [-0.3, -0.25) is 9.69 Å². The minimum absolute atomic E-state index is 0.0306. The highest BCUT2D eigenvalue weighted by Gasteiger charge is 2.23. The summed E-state index contributed by atoms with van der Waals surface area (Å²) in [4.78, 5) is 17.2. The number of piperazine rings is 1. The molecule has 2 aromatic carbocycles. The maximum Gasteiger partial charge on any atom is 0.274 e. The van der Waals surface area contributed by atoms with Crippen LogP contribution in [0, 0.1) is 20.8 Å². The number of hydrogen-bond donors (Lipinski definition) is 0. The van der Waals surface area contributed by atoms with E-state index in [9.17, 15) is 4.79 Å². The Morgan fingerprint density at radius 1 is 1.00 bits per heavy atom. The van der Waals surface area contributed by atoms with Gasteiger partial charge in [0.25, 0.3) is 5.91 Å². The molecule has 0 radical (unpaired) electrons. The lowest BCUT2D eigenvalue weighted by Gasteiger charge is -2.34. The molecular weight excluding hydrogens is 424 g/mol. The Morgan fingerprint density at radius 3 is 2.31 bits per heavy atom. The average molecular weight is 453 g/mol. The van der Waals surface area contributed by atoms with E-state index in [0.717, 1.165) is 41.5 Å². The van der Waals surface area contributed by atoms with Crippen LogP contribution in [0.4, 0.5) is 0 Å². The van der Waals surface area contributed by atoms with E-state index in [1.807, 2.05) is 30.9 Å². The first-order valence-electron chi connectivity index (χ1n) is 10.9. The van der Waals surface area contributed by atoms with Crippen molar-refractivity contribution in [3.8, 4) is 5.75 Å². The molecule has 7 heteroatoms. The Morgan fingerprint density at radius 2 is 1.66 bits per heavy atom.